The van der Waals surface area contributed by atoms with Crippen molar-refractivity contribution in [3.63, 3.8) is 0 Å². The minimum Gasteiger partial charge on any atom is -0.401 e. The molecule has 0 saturated heterocycles. The molecule has 0 aliphatic rings. The first-order valence-electron chi connectivity index (χ1n) is 8.13. The number of hydrogen-bond donors (Lipinski definition) is 2. The third kappa shape index (κ3) is 4.26. The van der Waals surface area contributed by atoms with Gasteiger partial charge in [-0.2, -0.15) is 0 Å². The molecule has 0 bridgehead atoms. The first-order valence-corrected chi connectivity index (χ1v) is 9.01. The number of hydrogen-bond acceptors (Lipinski definition) is 5. The zero-order valence-electron chi connectivity index (χ0n) is 14.2. The minimum absolute atomic E-state index is 0.108. The van der Waals surface area contributed by atoms with Gasteiger partial charge in [0, 0.05) is 18.3 Å². The lowest BCUT2D eigenvalue weighted by molar-refractivity contribution is 0.329. The third-order valence-corrected chi connectivity index (χ3v) is 4.99. The van der Waals surface area contributed by atoms with Crippen molar-refractivity contribution >= 4 is 11.3 Å². The molecule has 4 nitrogen and oxygen atoms in total. The molecule has 128 valence electrons. The monoisotopic (exact) mass is 350 g/mol. The van der Waals surface area contributed by atoms with Crippen molar-refractivity contribution in [2.75, 3.05) is 0 Å². The van der Waals surface area contributed by atoms with Crippen LogP contribution in [0.25, 0.3) is 0 Å². The van der Waals surface area contributed by atoms with Crippen molar-refractivity contribution < 1.29 is 0 Å². The predicted molar refractivity (Wildman–Crippen MR) is 104 cm³/mol. The number of rotatable bonds is 6. The zero-order chi connectivity index (χ0) is 17.6. The lowest BCUT2D eigenvalue weighted by Gasteiger charge is -2.27. The van der Waals surface area contributed by atoms with Crippen molar-refractivity contribution in [1.82, 2.24) is 9.99 Å². The van der Waals surface area contributed by atoms with E-state index in [0.29, 0.717) is 6.42 Å². The van der Waals surface area contributed by atoms with E-state index < -0.39 is 0 Å². The van der Waals surface area contributed by atoms with Crippen LogP contribution in [0.4, 0.5) is 0 Å². The SMILES string of the molecule is Cc1ncsc1C(c1ccccc1)N(N)/C=C(\N)Cc1ccccc1. The van der Waals surface area contributed by atoms with Gasteiger partial charge in [0.05, 0.1) is 16.1 Å². The number of aryl methyl sites for hydroxylation is 1. The van der Waals surface area contributed by atoms with Gasteiger partial charge in [0.2, 0.25) is 0 Å². The first kappa shape index (κ1) is 17.2. The maximum atomic E-state index is 6.42. The van der Waals surface area contributed by atoms with Gasteiger partial charge in [-0.15, -0.1) is 11.3 Å². The third-order valence-electron chi connectivity index (χ3n) is 4.01. The van der Waals surface area contributed by atoms with Crippen LogP contribution >= 0.6 is 11.3 Å². The number of allylic oxidation sites excluding steroid dienone is 1. The van der Waals surface area contributed by atoms with Crippen LogP contribution in [0.15, 0.2) is 78.1 Å². The fraction of sp³-hybridized carbons (Fsp3) is 0.150. The van der Waals surface area contributed by atoms with Crippen LogP contribution in [-0.4, -0.2) is 9.99 Å². The number of benzene rings is 2. The van der Waals surface area contributed by atoms with Gasteiger partial charge >= 0.3 is 0 Å². The van der Waals surface area contributed by atoms with E-state index in [2.05, 4.69) is 29.2 Å². The lowest BCUT2D eigenvalue weighted by Crippen LogP contribution is -2.32. The van der Waals surface area contributed by atoms with E-state index in [1.807, 2.05) is 55.0 Å². The molecule has 0 radical (unpaired) electrons. The fourth-order valence-corrected chi connectivity index (χ4v) is 3.75. The smallest absolute Gasteiger partial charge is 0.106 e. The molecule has 3 rings (SSSR count). The Morgan fingerprint density at radius 2 is 1.76 bits per heavy atom. The molecule has 0 saturated carbocycles. The van der Waals surface area contributed by atoms with E-state index >= 15 is 0 Å². The minimum atomic E-state index is -0.108. The molecular formula is C20H22N4S. The molecule has 1 unspecified atom stereocenters. The Morgan fingerprint density at radius 3 is 2.36 bits per heavy atom. The van der Waals surface area contributed by atoms with Gasteiger partial charge in [0.25, 0.3) is 0 Å². The standard InChI is InChI=1S/C20H22N4S/c1-15-20(25-14-23-15)19(17-10-6-3-7-11-17)24(22)13-18(21)12-16-8-4-2-5-9-16/h2-11,13-14,19H,12,21-22H2,1H3/b18-13-. The van der Waals surface area contributed by atoms with E-state index in [4.69, 9.17) is 11.6 Å². The maximum Gasteiger partial charge on any atom is 0.106 e. The summed E-state index contributed by atoms with van der Waals surface area (Å²) in [6, 6.07) is 20.2. The molecule has 1 heterocycles. The number of thiazole rings is 1. The van der Waals surface area contributed by atoms with Crippen molar-refractivity contribution in [2.45, 2.75) is 19.4 Å². The van der Waals surface area contributed by atoms with Gasteiger partial charge in [0.1, 0.15) is 6.04 Å². The van der Waals surface area contributed by atoms with Crippen LogP contribution < -0.4 is 11.6 Å². The molecular weight excluding hydrogens is 328 g/mol. The Balaban J connectivity index is 1.88. The molecule has 0 aliphatic heterocycles. The summed E-state index contributed by atoms with van der Waals surface area (Å²) in [5, 5.41) is 1.69. The van der Waals surface area contributed by atoms with Gasteiger partial charge in [-0.05, 0) is 18.1 Å². The van der Waals surface area contributed by atoms with E-state index in [-0.39, 0.29) is 6.04 Å². The highest BCUT2D eigenvalue weighted by molar-refractivity contribution is 7.09. The Morgan fingerprint density at radius 1 is 1.12 bits per heavy atom. The summed E-state index contributed by atoms with van der Waals surface area (Å²) in [7, 11) is 0. The zero-order valence-corrected chi connectivity index (χ0v) is 15.0. The first-order chi connectivity index (χ1) is 12.1. The highest BCUT2D eigenvalue weighted by Crippen LogP contribution is 2.32. The Hall–Kier alpha value is -2.63. The lowest BCUT2D eigenvalue weighted by atomic mass is 10.0. The van der Waals surface area contributed by atoms with Crippen LogP contribution in [0.3, 0.4) is 0 Å². The summed E-state index contributed by atoms with van der Waals surface area (Å²) >= 11 is 1.61. The van der Waals surface area contributed by atoms with Crippen molar-refractivity contribution in [3.8, 4) is 0 Å². The maximum absolute atomic E-state index is 6.42. The molecule has 0 aliphatic carbocycles. The van der Waals surface area contributed by atoms with Crippen LogP contribution in [0.2, 0.25) is 0 Å². The second-order valence-electron chi connectivity index (χ2n) is 5.93. The molecule has 3 aromatic rings. The molecule has 1 atom stereocenters. The summed E-state index contributed by atoms with van der Waals surface area (Å²) in [5.74, 6) is 6.42. The molecule has 5 heteroatoms. The molecule has 4 N–H and O–H groups in total. The molecule has 0 fully saturated rings. The van der Waals surface area contributed by atoms with Gasteiger partial charge in [-0.1, -0.05) is 60.7 Å². The van der Waals surface area contributed by atoms with E-state index in [9.17, 15) is 0 Å². The molecule has 0 spiro atoms. The molecule has 0 amide bonds. The van der Waals surface area contributed by atoms with Crippen LogP contribution in [0.5, 0.6) is 0 Å². The average molecular weight is 350 g/mol. The fourth-order valence-electron chi connectivity index (χ4n) is 2.81. The summed E-state index contributed by atoms with van der Waals surface area (Å²) in [6.45, 7) is 2.01. The molecule has 2 aromatic carbocycles. The van der Waals surface area contributed by atoms with Crippen molar-refractivity contribution in [1.29, 1.82) is 0 Å². The van der Waals surface area contributed by atoms with Gasteiger partial charge < -0.3 is 10.7 Å². The van der Waals surface area contributed by atoms with Crippen LogP contribution in [-0.2, 0) is 6.42 Å². The number of hydrazine groups is 1. The normalized spacial score (nSPS) is 12.8. The van der Waals surface area contributed by atoms with Gasteiger partial charge in [0.15, 0.2) is 0 Å². The highest BCUT2D eigenvalue weighted by Gasteiger charge is 2.22. The molecule has 25 heavy (non-hydrogen) atoms. The van der Waals surface area contributed by atoms with Crippen LogP contribution in [0.1, 0.15) is 27.7 Å². The number of aromatic nitrogens is 1. The Kier molecular flexibility index (Phi) is 5.48. The Bertz CT molecular complexity index is 827. The van der Waals surface area contributed by atoms with E-state index in [1.54, 1.807) is 16.3 Å². The summed E-state index contributed by atoms with van der Waals surface area (Å²) in [4.78, 5) is 5.50. The summed E-state index contributed by atoms with van der Waals surface area (Å²) in [6.07, 6.45) is 2.49. The quantitative estimate of drug-likeness (QED) is 0.525. The topological polar surface area (TPSA) is 68.2 Å². The Labute approximate surface area is 152 Å². The number of nitrogens with zero attached hydrogens (tertiary/aromatic N) is 2. The second-order valence-corrected chi connectivity index (χ2v) is 6.82. The second kappa shape index (κ2) is 7.96. The average Bonchev–Trinajstić information content (AvgIpc) is 3.02. The summed E-state index contributed by atoms with van der Waals surface area (Å²) < 4.78 is 0. The van der Waals surface area contributed by atoms with Gasteiger partial charge in [-0.25, -0.2) is 10.8 Å². The highest BCUT2D eigenvalue weighted by atomic mass is 32.1. The largest absolute Gasteiger partial charge is 0.401 e. The van der Waals surface area contributed by atoms with Gasteiger partial charge in [-0.3, -0.25) is 0 Å². The molecule has 1 aromatic heterocycles. The van der Waals surface area contributed by atoms with E-state index in [0.717, 1.165) is 27.4 Å². The predicted octanol–water partition coefficient (Wildman–Crippen LogP) is 3.76. The number of nitrogens with two attached hydrogens (primary N) is 2. The summed E-state index contributed by atoms with van der Waals surface area (Å²) in [5.41, 5.74) is 12.1. The van der Waals surface area contributed by atoms with Crippen LogP contribution in [0, 0.1) is 6.92 Å². The van der Waals surface area contributed by atoms with Crippen molar-refractivity contribution in [2.24, 2.45) is 11.6 Å². The van der Waals surface area contributed by atoms with E-state index in [1.165, 1.54) is 0 Å². The van der Waals surface area contributed by atoms with Crippen molar-refractivity contribution in [3.05, 3.63) is 99.8 Å².